The van der Waals surface area contributed by atoms with Crippen LogP contribution in [0.15, 0.2) is 73.3 Å². The molecular weight excluding hydrogens is 488 g/mol. The predicted molar refractivity (Wildman–Crippen MR) is 167 cm³/mol. The maximum Gasteiger partial charge on any atom is 0.0889 e. The van der Waals surface area contributed by atoms with Crippen LogP contribution in [0.4, 0.5) is 0 Å². The lowest BCUT2D eigenvalue weighted by Crippen LogP contribution is -1.99. The number of hydrogen-bond donors (Lipinski definition) is 0. The quantitative estimate of drug-likeness (QED) is 0.134. The fourth-order valence-corrected chi connectivity index (χ4v) is 5.53. The molecule has 40 heavy (non-hydrogen) atoms. The van der Waals surface area contributed by atoms with Gasteiger partial charge in [-0.25, -0.2) is 0 Å². The molecule has 4 heteroatoms. The summed E-state index contributed by atoms with van der Waals surface area (Å²) in [5.41, 5.74) is 9.13. The summed E-state index contributed by atoms with van der Waals surface area (Å²) in [4.78, 5) is 18.1. The smallest absolute Gasteiger partial charge is 0.0889 e. The minimum atomic E-state index is 0.608. The average molecular weight is 535 g/mol. The number of rotatable bonds is 16. The van der Waals surface area contributed by atoms with Gasteiger partial charge in [0, 0.05) is 24.8 Å². The first-order valence-corrected chi connectivity index (χ1v) is 15.4. The van der Waals surface area contributed by atoms with E-state index in [4.69, 9.17) is 0 Å². The Hall–Kier alpha value is -3.40. The van der Waals surface area contributed by atoms with Gasteiger partial charge in [0.1, 0.15) is 0 Å². The molecule has 4 rings (SSSR count). The lowest BCUT2D eigenvalue weighted by atomic mass is 9.90. The molecule has 0 aliphatic rings. The molecule has 0 N–H and O–H groups in total. The highest BCUT2D eigenvalue weighted by molar-refractivity contribution is 5.56. The number of aromatic nitrogens is 4. The van der Waals surface area contributed by atoms with Crippen molar-refractivity contribution in [3.8, 4) is 22.8 Å². The van der Waals surface area contributed by atoms with E-state index in [-0.39, 0.29) is 0 Å². The van der Waals surface area contributed by atoms with Crippen LogP contribution in [0.25, 0.3) is 22.8 Å². The van der Waals surface area contributed by atoms with Crippen molar-refractivity contribution in [2.45, 2.75) is 104 Å². The van der Waals surface area contributed by atoms with Crippen LogP contribution < -0.4 is 0 Å². The molecule has 0 aliphatic heterocycles. The third-order valence-corrected chi connectivity index (χ3v) is 7.95. The average Bonchev–Trinajstić information content (AvgIpc) is 2.98. The summed E-state index contributed by atoms with van der Waals surface area (Å²) in [5, 5.41) is 0. The molecule has 0 aliphatic carbocycles. The number of aryl methyl sites for hydroxylation is 3. The second-order valence-electron chi connectivity index (χ2n) is 11.3. The highest BCUT2D eigenvalue weighted by Crippen LogP contribution is 2.28. The molecule has 0 saturated heterocycles. The summed E-state index contributed by atoms with van der Waals surface area (Å²) < 4.78 is 0. The van der Waals surface area contributed by atoms with Gasteiger partial charge in [-0.1, -0.05) is 58.3 Å². The highest BCUT2D eigenvalue weighted by atomic mass is 14.8. The summed E-state index contributed by atoms with van der Waals surface area (Å²) in [5.74, 6) is 0.608. The Morgan fingerprint density at radius 2 is 1.00 bits per heavy atom. The van der Waals surface area contributed by atoms with Crippen LogP contribution >= 0.6 is 0 Å². The van der Waals surface area contributed by atoms with Crippen molar-refractivity contribution < 1.29 is 0 Å². The Labute approximate surface area is 241 Å². The zero-order chi connectivity index (χ0) is 28.0. The van der Waals surface area contributed by atoms with E-state index >= 15 is 0 Å². The van der Waals surface area contributed by atoms with Gasteiger partial charge in [-0.15, -0.1) is 0 Å². The summed E-state index contributed by atoms with van der Waals surface area (Å²) in [7, 11) is 0. The maximum atomic E-state index is 4.59. The van der Waals surface area contributed by atoms with Crippen LogP contribution in [0.2, 0.25) is 0 Å². The van der Waals surface area contributed by atoms with Crippen molar-refractivity contribution in [1.29, 1.82) is 0 Å². The van der Waals surface area contributed by atoms with Crippen molar-refractivity contribution in [3.63, 3.8) is 0 Å². The second-order valence-corrected chi connectivity index (χ2v) is 11.3. The van der Waals surface area contributed by atoms with E-state index < -0.39 is 0 Å². The van der Waals surface area contributed by atoms with Crippen LogP contribution in [0.5, 0.6) is 0 Å². The maximum absolute atomic E-state index is 4.59. The topological polar surface area (TPSA) is 51.6 Å². The minimum absolute atomic E-state index is 0.608. The van der Waals surface area contributed by atoms with Gasteiger partial charge in [-0.3, -0.25) is 19.9 Å². The van der Waals surface area contributed by atoms with Crippen LogP contribution in [0.3, 0.4) is 0 Å². The molecule has 0 aromatic carbocycles. The van der Waals surface area contributed by atoms with Gasteiger partial charge in [0.2, 0.25) is 0 Å². The molecular formula is C36H46N4. The first-order valence-electron chi connectivity index (χ1n) is 15.4. The standard InChI is InChI=1S/C36H46N4/c1-4-31(32-19-23-40-36(27-32)34-25-29(3)17-21-38-34)15-13-11-9-7-5-6-8-10-12-14-30-18-22-39-35(26-30)33-24-28(2)16-20-37-33/h16-27,31H,4-15H2,1-3H3. The molecule has 0 radical (unpaired) electrons. The molecule has 4 nitrogen and oxygen atoms in total. The Kier molecular flexibility index (Phi) is 11.8. The third kappa shape index (κ3) is 9.36. The molecule has 1 unspecified atom stereocenters. The predicted octanol–water partition coefficient (Wildman–Crippen LogP) is 9.85. The minimum Gasteiger partial charge on any atom is -0.255 e. The van der Waals surface area contributed by atoms with Crippen molar-refractivity contribution in [3.05, 3.63) is 95.6 Å². The van der Waals surface area contributed by atoms with Crippen LogP contribution in [0.1, 0.15) is 106 Å². The Balaban J connectivity index is 1.07. The Morgan fingerprint density at radius 1 is 0.525 bits per heavy atom. The molecule has 0 saturated carbocycles. The first kappa shape index (κ1) is 29.6. The fraction of sp³-hybridized carbons (Fsp3) is 0.444. The van der Waals surface area contributed by atoms with Gasteiger partial charge in [0.25, 0.3) is 0 Å². The normalized spacial score (nSPS) is 12.0. The zero-order valence-electron chi connectivity index (χ0n) is 24.8. The summed E-state index contributed by atoms with van der Waals surface area (Å²) in [6.45, 7) is 6.51. The Bertz CT molecular complexity index is 1320. The monoisotopic (exact) mass is 534 g/mol. The summed E-state index contributed by atoms with van der Waals surface area (Å²) >= 11 is 0. The van der Waals surface area contributed by atoms with Gasteiger partial charge in [-0.2, -0.15) is 0 Å². The van der Waals surface area contributed by atoms with Crippen LogP contribution in [0, 0.1) is 13.8 Å². The largest absolute Gasteiger partial charge is 0.255 e. The van der Waals surface area contributed by atoms with E-state index in [0.29, 0.717) is 5.92 Å². The molecule has 0 amide bonds. The van der Waals surface area contributed by atoms with E-state index in [9.17, 15) is 0 Å². The van der Waals surface area contributed by atoms with E-state index in [1.165, 1.54) is 92.9 Å². The third-order valence-electron chi connectivity index (χ3n) is 7.95. The Morgan fingerprint density at radius 3 is 1.57 bits per heavy atom. The van der Waals surface area contributed by atoms with Crippen molar-refractivity contribution >= 4 is 0 Å². The van der Waals surface area contributed by atoms with Crippen molar-refractivity contribution in [2.24, 2.45) is 0 Å². The molecule has 210 valence electrons. The molecule has 4 aromatic rings. The number of hydrogen-bond acceptors (Lipinski definition) is 4. The van der Waals surface area contributed by atoms with Crippen molar-refractivity contribution in [2.75, 3.05) is 0 Å². The number of nitrogens with zero attached hydrogens (tertiary/aromatic N) is 4. The summed E-state index contributed by atoms with van der Waals surface area (Å²) in [6, 6.07) is 17.1. The van der Waals surface area contributed by atoms with Gasteiger partial charge >= 0.3 is 0 Å². The molecule has 0 spiro atoms. The lowest BCUT2D eigenvalue weighted by Gasteiger charge is -2.16. The van der Waals surface area contributed by atoms with E-state index in [1.54, 1.807) is 0 Å². The SMILES string of the molecule is CCC(CCCCCCCCCCCc1ccnc(-c2cc(C)ccn2)c1)c1ccnc(-c2cc(C)ccn2)c1. The van der Waals surface area contributed by atoms with E-state index in [0.717, 1.165) is 29.2 Å². The lowest BCUT2D eigenvalue weighted by molar-refractivity contribution is 0.518. The van der Waals surface area contributed by atoms with Crippen LogP contribution in [-0.4, -0.2) is 19.9 Å². The molecule has 4 aromatic heterocycles. The number of pyridine rings is 4. The van der Waals surface area contributed by atoms with Gasteiger partial charge in [0.05, 0.1) is 22.8 Å². The number of unbranched alkanes of at least 4 members (excludes halogenated alkanes) is 8. The van der Waals surface area contributed by atoms with E-state index in [1.807, 2.05) is 36.9 Å². The molecule has 0 fully saturated rings. The summed E-state index contributed by atoms with van der Waals surface area (Å²) in [6.07, 6.45) is 23.2. The van der Waals surface area contributed by atoms with E-state index in [2.05, 4.69) is 77.1 Å². The first-order chi connectivity index (χ1) is 19.6. The van der Waals surface area contributed by atoms with Gasteiger partial charge < -0.3 is 0 Å². The van der Waals surface area contributed by atoms with Gasteiger partial charge in [0.15, 0.2) is 0 Å². The fourth-order valence-electron chi connectivity index (χ4n) is 5.53. The molecule has 0 bridgehead atoms. The second kappa shape index (κ2) is 16.0. The molecule has 1 atom stereocenters. The van der Waals surface area contributed by atoms with Crippen LogP contribution in [-0.2, 0) is 6.42 Å². The van der Waals surface area contributed by atoms with Crippen molar-refractivity contribution in [1.82, 2.24) is 19.9 Å². The molecule has 4 heterocycles. The highest BCUT2D eigenvalue weighted by Gasteiger charge is 2.11. The van der Waals surface area contributed by atoms with Gasteiger partial charge in [-0.05, 0) is 116 Å². The zero-order valence-corrected chi connectivity index (χ0v) is 24.8.